The second-order valence-electron chi connectivity index (χ2n) is 6.97. The Morgan fingerprint density at radius 1 is 1.06 bits per heavy atom. The third kappa shape index (κ3) is 4.36. The van der Waals surface area contributed by atoms with Gasteiger partial charge in [0.15, 0.2) is 11.5 Å². The van der Waals surface area contributed by atoms with Crippen molar-refractivity contribution in [3.05, 3.63) is 76.2 Å². The lowest BCUT2D eigenvalue weighted by molar-refractivity contribution is 0.355. The van der Waals surface area contributed by atoms with Crippen LogP contribution in [0.3, 0.4) is 0 Å². The van der Waals surface area contributed by atoms with E-state index in [1.54, 1.807) is 25.6 Å². The van der Waals surface area contributed by atoms with E-state index in [1.807, 2.05) is 84.1 Å². The Kier molecular flexibility index (Phi) is 6.51. The van der Waals surface area contributed by atoms with Crippen molar-refractivity contribution < 1.29 is 9.47 Å². The normalized spacial score (nSPS) is 11.9. The smallest absolute Gasteiger partial charge is 0.205 e. The molecule has 0 radical (unpaired) electrons. The van der Waals surface area contributed by atoms with Crippen LogP contribution < -0.4 is 14.3 Å². The van der Waals surface area contributed by atoms with Crippen LogP contribution >= 0.6 is 11.3 Å². The standard InChI is InChI=1S/C24H25N5O2S/c1-5-25-24-29(17(2)16-32-24)26-14-19-15-28(20-9-7-6-8-10-20)27-23(19)18-11-12-21(30-3)22(13-18)31-4/h6-16H,5H2,1-4H3/b25-24?,26-14+. The predicted octanol–water partition coefficient (Wildman–Crippen LogP) is 4.53. The fourth-order valence-electron chi connectivity index (χ4n) is 3.29. The van der Waals surface area contributed by atoms with E-state index in [-0.39, 0.29) is 0 Å². The molecule has 0 aliphatic rings. The second-order valence-corrected chi connectivity index (χ2v) is 7.81. The van der Waals surface area contributed by atoms with Gasteiger partial charge in [-0.2, -0.15) is 10.2 Å². The topological polar surface area (TPSA) is 65.9 Å². The largest absolute Gasteiger partial charge is 0.493 e. The van der Waals surface area contributed by atoms with Gasteiger partial charge in [0.05, 0.1) is 31.8 Å². The molecule has 0 N–H and O–H groups in total. The molecule has 0 unspecified atom stereocenters. The van der Waals surface area contributed by atoms with Crippen molar-refractivity contribution in [1.29, 1.82) is 0 Å². The summed E-state index contributed by atoms with van der Waals surface area (Å²) >= 11 is 1.58. The average Bonchev–Trinajstić information content (AvgIpc) is 3.41. The first-order valence-electron chi connectivity index (χ1n) is 10.2. The van der Waals surface area contributed by atoms with Crippen molar-refractivity contribution in [3.8, 4) is 28.4 Å². The quantitative estimate of drug-likeness (QED) is 0.391. The zero-order chi connectivity index (χ0) is 22.5. The minimum atomic E-state index is 0.647. The summed E-state index contributed by atoms with van der Waals surface area (Å²) in [7, 11) is 3.25. The number of rotatable bonds is 7. The van der Waals surface area contributed by atoms with Gasteiger partial charge in [-0.05, 0) is 44.2 Å². The number of aryl methyl sites for hydroxylation is 1. The van der Waals surface area contributed by atoms with Gasteiger partial charge in [-0.1, -0.05) is 18.2 Å². The maximum absolute atomic E-state index is 5.50. The molecule has 7 nitrogen and oxygen atoms in total. The van der Waals surface area contributed by atoms with Gasteiger partial charge in [-0.3, -0.25) is 4.99 Å². The molecule has 0 amide bonds. The van der Waals surface area contributed by atoms with Gasteiger partial charge in [0.2, 0.25) is 4.80 Å². The van der Waals surface area contributed by atoms with Crippen molar-refractivity contribution in [1.82, 2.24) is 14.5 Å². The monoisotopic (exact) mass is 447 g/mol. The van der Waals surface area contributed by atoms with Gasteiger partial charge in [0.1, 0.15) is 5.69 Å². The van der Waals surface area contributed by atoms with Crippen LogP contribution in [0.1, 0.15) is 18.2 Å². The van der Waals surface area contributed by atoms with E-state index in [0.717, 1.165) is 33.0 Å². The summed E-state index contributed by atoms with van der Waals surface area (Å²) in [5.74, 6) is 1.32. The van der Waals surface area contributed by atoms with Crippen LogP contribution in [0.25, 0.3) is 16.9 Å². The summed E-state index contributed by atoms with van der Waals surface area (Å²) in [4.78, 5) is 5.40. The van der Waals surface area contributed by atoms with Gasteiger partial charge in [-0.15, -0.1) is 11.3 Å². The van der Waals surface area contributed by atoms with Crippen LogP contribution in [0.4, 0.5) is 0 Å². The molecule has 0 aliphatic heterocycles. The number of ether oxygens (including phenoxy) is 2. The maximum Gasteiger partial charge on any atom is 0.205 e. The lowest BCUT2D eigenvalue weighted by Crippen LogP contribution is -2.12. The van der Waals surface area contributed by atoms with E-state index in [2.05, 4.69) is 10.4 Å². The molecule has 0 bridgehead atoms. The number of hydrogen-bond donors (Lipinski definition) is 0. The van der Waals surface area contributed by atoms with Gasteiger partial charge in [0.25, 0.3) is 0 Å². The maximum atomic E-state index is 5.50. The van der Waals surface area contributed by atoms with E-state index in [9.17, 15) is 0 Å². The molecule has 2 heterocycles. The number of para-hydroxylation sites is 1. The number of methoxy groups -OCH3 is 2. The molecule has 2 aromatic carbocycles. The van der Waals surface area contributed by atoms with E-state index >= 15 is 0 Å². The molecule has 32 heavy (non-hydrogen) atoms. The van der Waals surface area contributed by atoms with Crippen LogP contribution in [0, 0.1) is 6.92 Å². The second kappa shape index (κ2) is 9.65. The number of aromatic nitrogens is 3. The molecule has 4 rings (SSSR count). The van der Waals surface area contributed by atoms with Crippen molar-refractivity contribution in [3.63, 3.8) is 0 Å². The van der Waals surface area contributed by atoms with Gasteiger partial charge < -0.3 is 9.47 Å². The molecule has 0 spiro atoms. The van der Waals surface area contributed by atoms with Crippen molar-refractivity contribution in [2.24, 2.45) is 10.1 Å². The van der Waals surface area contributed by atoms with Gasteiger partial charge in [0, 0.05) is 29.2 Å². The minimum Gasteiger partial charge on any atom is -0.493 e. The highest BCUT2D eigenvalue weighted by molar-refractivity contribution is 7.07. The summed E-state index contributed by atoms with van der Waals surface area (Å²) in [6, 6.07) is 15.8. The first kappa shape index (κ1) is 21.6. The summed E-state index contributed by atoms with van der Waals surface area (Å²) < 4.78 is 14.6. The van der Waals surface area contributed by atoms with Crippen LogP contribution in [0.2, 0.25) is 0 Å². The number of benzene rings is 2. The molecule has 0 saturated heterocycles. The first-order valence-corrected chi connectivity index (χ1v) is 11.1. The zero-order valence-electron chi connectivity index (χ0n) is 18.5. The van der Waals surface area contributed by atoms with Gasteiger partial charge in [-0.25, -0.2) is 9.36 Å². The average molecular weight is 448 g/mol. The molecule has 0 fully saturated rings. The highest BCUT2D eigenvalue weighted by atomic mass is 32.1. The highest BCUT2D eigenvalue weighted by Crippen LogP contribution is 2.33. The predicted molar refractivity (Wildman–Crippen MR) is 128 cm³/mol. The lowest BCUT2D eigenvalue weighted by atomic mass is 10.1. The molecular formula is C24H25N5O2S. The SMILES string of the molecule is CCN=c1scc(C)n1/N=C/c1cn(-c2ccccc2)nc1-c1ccc(OC)c(OC)c1. The number of thiazole rings is 1. The van der Waals surface area contributed by atoms with Crippen LogP contribution in [-0.2, 0) is 0 Å². The molecule has 8 heteroatoms. The molecule has 0 saturated carbocycles. The molecular weight excluding hydrogens is 422 g/mol. The first-order chi connectivity index (χ1) is 15.6. The van der Waals surface area contributed by atoms with Crippen LogP contribution in [0.15, 0.2) is 70.2 Å². The Hall–Kier alpha value is -3.65. The number of nitrogens with zero attached hydrogens (tertiary/aromatic N) is 5. The molecule has 4 aromatic rings. The summed E-state index contributed by atoms with van der Waals surface area (Å²) in [6.07, 6.45) is 3.80. The summed E-state index contributed by atoms with van der Waals surface area (Å²) in [6.45, 7) is 4.74. The van der Waals surface area contributed by atoms with Crippen LogP contribution in [-0.4, -0.2) is 41.4 Å². The fraction of sp³-hybridized carbons (Fsp3) is 0.208. The Morgan fingerprint density at radius 2 is 1.84 bits per heavy atom. The Balaban J connectivity index is 1.84. The third-order valence-corrected chi connectivity index (χ3v) is 5.85. The minimum absolute atomic E-state index is 0.647. The molecule has 164 valence electrons. The van der Waals surface area contributed by atoms with E-state index in [0.29, 0.717) is 18.0 Å². The summed E-state index contributed by atoms with van der Waals surface area (Å²) in [5, 5.41) is 11.6. The fourth-order valence-corrected chi connectivity index (χ4v) is 4.16. The van der Waals surface area contributed by atoms with Crippen molar-refractivity contribution in [2.45, 2.75) is 13.8 Å². The third-order valence-electron chi connectivity index (χ3n) is 4.88. The molecule has 0 aliphatic carbocycles. The van der Waals surface area contributed by atoms with E-state index in [1.165, 1.54) is 0 Å². The zero-order valence-corrected chi connectivity index (χ0v) is 19.3. The van der Waals surface area contributed by atoms with E-state index < -0.39 is 0 Å². The summed E-state index contributed by atoms with van der Waals surface area (Å²) in [5.41, 5.74) is 4.57. The van der Waals surface area contributed by atoms with Crippen molar-refractivity contribution >= 4 is 17.6 Å². The molecule has 2 aromatic heterocycles. The van der Waals surface area contributed by atoms with E-state index in [4.69, 9.17) is 19.7 Å². The van der Waals surface area contributed by atoms with Gasteiger partial charge >= 0.3 is 0 Å². The Labute approximate surface area is 190 Å². The lowest BCUT2D eigenvalue weighted by Gasteiger charge is -2.09. The van der Waals surface area contributed by atoms with Crippen LogP contribution in [0.5, 0.6) is 11.5 Å². The number of hydrogen-bond acceptors (Lipinski definition) is 6. The molecule has 0 atom stereocenters. The van der Waals surface area contributed by atoms with Crippen molar-refractivity contribution in [2.75, 3.05) is 20.8 Å². The Bertz CT molecular complexity index is 1300. The Morgan fingerprint density at radius 3 is 2.56 bits per heavy atom. The highest BCUT2D eigenvalue weighted by Gasteiger charge is 2.14.